The van der Waals surface area contributed by atoms with Crippen LogP contribution in [0.5, 0.6) is 0 Å². The molecule has 2 N–H and O–H groups in total. The van der Waals surface area contributed by atoms with Crippen molar-refractivity contribution in [3.05, 3.63) is 23.9 Å². The Bertz CT molecular complexity index is 420. The molecule has 0 aliphatic carbocycles. The van der Waals surface area contributed by atoms with Crippen molar-refractivity contribution in [1.82, 2.24) is 20.1 Å². The van der Waals surface area contributed by atoms with E-state index in [1.54, 1.807) is 18.3 Å². The number of hydrogen-bond acceptors (Lipinski definition) is 5. The highest BCUT2D eigenvalue weighted by Gasteiger charge is 2.06. The van der Waals surface area contributed by atoms with E-state index < -0.39 is 0 Å². The van der Waals surface area contributed by atoms with Gasteiger partial charge in [0.25, 0.3) is 5.91 Å². The monoisotopic (exact) mass is 279 g/mol. The van der Waals surface area contributed by atoms with Crippen LogP contribution in [0.1, 0.15) is 10.4 Å². The number of carbonyl (C=O) groups is 1. The summed E-state index contributed by atoms with van der Waals surface area (Å²) in [5, 5.41) is 6.09. The van der Waals surface area contributed by atoms with E-state index in [1.165, 1.54) is 0 Å². The van der Waals surface area contributed by atoms with Crippen molar-refractivity contribution in [3.63, 3.8) is 0 Å². The topological polar surface area (TPSA) is 60.5 Å². The average molecular weight is 279 g/mol. The van der Waals surface area contributed by atoms with Gasteiger partial charge in [-0.1, -0.05) is 0 Å². The van der Waals surface area contributed by atoms with Gasteiger partial charge in [-0.25, -0.2) is 4.98 Å². The Morgan fingerprint density at radius 3 is 2.45 bits per heavy atom. The van der Waals surface area contributed by atoms with Crippen LogP contribution in [0.3, 0.4) is 0 Å². The van der Waals surface area contributed by atoms with Gasteiger partial charge in [-0.3, -0.25) is 4.79 Å². The third-order valence-electron chi connectivity index (χ3n) is 2.73. The lowest BCUT2D eigenvalue weighted by Crippen LogP contribution is -2.31. The van der Waals surface area contributed by atoms with Crippen molar-refractivity contribution in [2.45, 2.75) is 0 Å². The van der Waals surface area contributed by atoms with E-state index in [2.05, 4.69) is 20.5 Å². The summed E-state index contributed by atoms with van der Waals surface area (Å²) in [5.41, 5.74) is 0.631. The molecule has 0 unspecified atom stereocenters. The second kappa shape index (κ2) is 8.50. The molecule has 0 bridgehead atoms. The van der Waals surface area contributed by atoms with Crippen molar-refractivity contribution in [2.24, 2.45) is 0 Å². The SMILES string of the molecule is CN(C)CCNC(=O)c1ccnc(NCCN(C)C)c1. The van der Waals surface area contributed by atoms with E-state index in [0.717, 1.165) is 25.5 Å². The van der Waals surface area contributed by atoms with Crippen LogP contribution >= 0.6 is 0 Å². The predicted molar refractivity (Wildman–Crippen MR) is 82.2 cm³/mol. The number of nitrogens with zero attached hydrogens (tertiary/aromatic N) is 3. The Balaban J connectivity index is 2.47. The summed E-state index contributed by atoms with van der Waals surface area (Å²) in [4.78, 5) is 20.3. The summed E-state index contributed by atoms with van der Waals surface area (Å²) in [7, 11) is 7.99. The number of hydrogen-bond donors (Lipinski definition) is 2. The van der Waals surface area contributed by atoms with Crippen molar-refractivity contribution in [1.29, 1.82) is 0 Å². The zero-order valence-electron chi connectivity index (χ0n) is 12.8. The maximum atomic E-state index is 12.0. The number of pyridine rings is 1. The molecular formula is C14H25N5O. The zero-order valence-corrected chi connectivity index (χ0v) is 12.8. The van der Waals surface area contributed by atoms with Crippen molar-refractivity contribution >= 4 is 11.7 Å². The number of carbonyl (C=O) groups excluding carboxylic acids is 1. The standard InChI is InChI=1S/C14H25N5O/c1-18(2)9-7-16-13-11-12(5-6-15-13)14(20)17-8-10-19(3)4/h5-6,11H,7-10H2,1-4H3,(H,15,16)(H,17,20). The summed E-state index contributed by atoms with van der Waals surface area (Å²) in [6.45, 7) is 3.18. The minimum atomic E-state index is -0.0649. The Labute approximate surface area is 121 Å². The van der Waals surface area contributed by atoms with E-state index >= 15 is 0 Å². The lowest BCUT2D eigenvalue weighted by molar-refractivity contribution is 0.0951. The second-order valence-electron chi connectivity index (χ2n) is 5.22. The fourth-order valence-corrected chi connectivity index (χ4v) is 1.57. The van der Waals surface area contributed by atoms with Gasteiger partial charge in [-0.05, 0) is 40.3 Å². The van der Waals surface area contributed by atoms with Crippen LogP contribution in [0.4, 0.5) is 5.82 Å². The first-order chi connectivity index (χ1) is 9.49. The largest absolute Gasteiger partial charge is 0.369 e. The molecule has 20 heavy (non-hydrogen) atoms. The normalized spacial score (nSPS) is 10.9. The third-order valence-corrected chi connectivity index (χ3v) is 2.73. The fraction of sp³-hybridized carbons (Fsp3) is 0.571. The van der Waals surface area contributed by atoms with Gasteiger partial charge in [0.15, 0.2) is 0 Å². The molecule has 0 atom stereocenters. The molecule has 112 valence electrons. The molecule has 0 spiro atoms. The van der Waals surface area contributed by atoms with Crippen molar-refractivity contribution in [2.75, 3.05) is 59.7 Å². The molecule has 1 amide bonds. The van der Waals surface area contributed by atoms with E-state index in [-0.39, 0.29) is 5.91 Å². The van der Waals surface area contributed by atoms with Crippen LogP contribution in [0, 0.1) is 0 Å². The molecule has 6 nitrogen and oxygen atoms in total. The highest BCUT2D eigenvalue weighted by molar-refractivity contribution is 5.94. The highest BCUT2D eigenvalue weighted by Crippen LogP contribution is 2.06. The molecule has 1 heterocycles. The summed E-state index contributed by atoms with van der Waals surface area (Å²) in [6, 6.07) is 3.50. The Hall–Kier alpha value is -1.66. The molecule has 0 aliphatic rings. The lowest BCUT2D eigenvalue weighted by atomic mass is 10.2. The maximum Gasteiger partial charge on any atom is 0.251 e. The van der Waals surface area contributed by atoms with Gasteiger partial charge in [0.05, 0.1) is 0 Å². The van der Waals surface area contributed by atoms with Gasteiger partial charge in [0, 0.05) is 37.9 Å². The predicted octanol–water partition coefficient (Wildman–Crippen LogP) is 0.347. The Morgan fingerprint density at radius 2 is 1.80 bits per heavy atom. The summed E-state index contributed by atoms with van der Waals surface area (Å²) in [6.07, 6.45) is 1.65. The van der Waals surface area contributed by atoms with Crippen LogP contribution in [0.25, 0.3) is 0 Å². The van der Waals surface area contributed by atoms with Gasteiger partial charge >= 0.3 is 0 Å². The van der Waals surface area contributed by atoms with Crippen molar-refractivity contribution in [3.8, 4) is 0 Å². The molecule has 1 rings (SSSR count). The number of nitrogens with one attached hydrogen (secondary N) is 2. The van der Waals surface area contributed by atoms with Gasteiger partial charge in [-0.15, -0.1) is 0 Å². The highest BCUT2D eigenvalue weighted by atomic mass is 16.1. The van der Waals surface area contributed by atoms with Gasteiger partial charge in [0.1, 0.15) is 5.82 Å². The third kappa shape index (κ3) is 6.49. The van der Waals surface area contributed by atoms with Gasteiger partial charge in [0.2, 0.25) is 0 Å². The van der Waals surface area contributed by atoms with E-state index in [9.17, 15) is 4.79 Å². The minimum absolute atomic E-state index is 0.0649. The number of likely N-dealkylation sites (N-methyl/N-ethyl adjacent to an activating group) is 2. The Kier molecular flexibility index (Phi) is 6.97. The number of rotatable bonds is 8. The molecule has 1 aromatic rings. The number of anilines is 1. The first-order valence-corrected chi connectivity index (χ1v) is 6.76. The smallest absolute Gasteiger partial charge is 0.251 e. The molecular weight excluding hydrogens is 254 g/mol. The molecule has 6 heteroatoms. The average Bonchev–Trinajstić information content (AvgIpc) is 2.38. The number of amides is 1. The molecule has 1 aromatic heterocycles. The maximum absolute atomic E-state index is 12.0. The molecule has 0 fully saturated rings. The molecule has 0 saturated carbocycles. The molecule has 0 saturated heterocycles. The fourth-order valence-electron chi connectivity index (χ4n) is 1.57. The Morgan fingerprint density at radius 1 is 1.15 bits per heavy atom. The van der Waals surface area contributed by atoms with Crippen LogP contribution in [0.15, 0.2) is 18.3 Å². The van der Waals surface area contributed by atoms with E-state index in [1.807, 2.05) is 33.1 Å². The number of aromatic nitrogens is 1. The van der Waals surface area contributed by atoms with Crippen LogP contribution in [-0.2, 0) is 0 Å². The molecule has 0 aromatic carbocycles. The summed E-state index contributed by atoms with van der Waals surface area (Å²) in [5.74, 6) is 0.664. The van der Waals surface area contributed by atoms with E-state index in [4.69, 9.17) is 0 Å². The van der Waals surface area contributed by atoms with Crippen LogP contribution in [0.2, 0.25) is 0 Å². The lowest BCUT2D eigenvalue weighted by Gasteiger charge is -2.12. The van der Waals surface area contributed by atoms with Crippen molar-refractivity contribution < 1.29 is 4.79 Å². The first kappa shape index (κ1) is 16.4. The van der Waals surface area contributed by atoms with E-state index in [0.29, 0.717) is 12.1 Å². The molecule has 0 aliphatic heterocycles. The quantitative estimate of drug-likeness (QED) is 0.719. The molecule has 0 radical (unpaired) electrons. The summed E-state index contributed by atoms with van der Waals surface area (Å²) >= 11 is 0. The van der Waals surface area contributed by atoms with Gasteiger partial charge in [-0.2, -0.15) is 0 Å². The van der Waals surface area contributed by atoms with Crippen LogP contribution in [-0.4, -0.2) is 75.1 Å². The zero-order chi connectivity index (χ0) is 15.0. The first-order valence-electron chi connectivity index (χ1n) is 6.76. The minimum Gasteiger partial charge on any atom is -0.369 e. The summed E-state index contributed by atoms with van der Waals surface area (Å²) < 4.78 is 0. The van der Waals surface area contributed by atoms with Gasteiger partial charge < -0.3 is 20.4 Å². The second-order valence-corrected chi connectivity index (χ2v) is 5.22. The van der Waals surface area contributed by atoms with Crippen LogP contribution < -0.4 is 10.6 Å².